The Morgan fingerprint density at radius 2 is 2.19 bits per heavy atom. The van der Waals surface area contributed by atoms with E-state index in [9.17, 15) is 9.59 Å². The van der Waals surface area contributed by atoms with E-state index in [1.165, 1.54) is 0 Å². The fourth-order valence-electron chi connectivity index (χ4n) is 2.43. The van der Waals surface area contributed by atoms with Crippen molar-refractivity contribution < 1.29 is 9.59 Å². The molecule has 1 N–H and O–H groups in total. The lowest BCUT2D eigenvalue weighted by Crippen LogP contribution is -2.42. The van der Waals surface area contributed by atoms with Crippen LogP contribution in [0, 0.1) is 0 Å². The molecule has 1 fully saturated rings. The van der Waals surface area contributed by atoms with Crippen LogP contribution in [0.2, 0.25) is 0 Å². The summed E-state index contributed by atoms with van der Waals surface area (Å²) < 4.78 is 1.12. The molecule has 6 heteroatoms. The summed E-state index contributed by atoms with van der Waals surface area (Å²) in [5, 5.41) is 3.73. The lowest BCUT2D eigenvalue weighted by atomic mass is 10.1. The molecule has 2 heterocycles. The van der Waals surface area contributed by atoms with E-state index in [1.54, 1.807) is 16.2 Å². The van der Waals surface area contributed by atoms with Crippen molar-refractivity contribution in [1.29, 1.82) is 0 Å². The molecule has 110 valence electrons. The quantitative estimate of drug-likeness (QED) is 0.938. The highest BCUT2D eigenvalue weighted by atomic mass is 32.1. The molecule has 0 bridgehead atoms. The predicted molar refractivity (Wildman–Crippen MR) is 81.9 cm³/mol. The normalized spacial score (nSPS) is 15.4. The zero-order valence-corrected chi connectivity index (χ0v) is 12.5. The fraction of sp³-hybridized carbons (Fsp3) is 0.400. The third-order valence-electron chi connectivity index (χ3n) is 3.53. The Hall–Kier alpha value is -1.95. The molecule has 0 saturated carbocycles. The van der Waals surface area contributed by atoms with E-state index >= 15 is 0 Å². The molecule has 21 heavy (non-hydrogen) atoms. The van der Waals surface area contributed by atoms with E-state index in [2.05, 4.69) is 10.3 Å². The van der Waals surface area contributed by atoms with Crippen molar-refractivity contribution in [3.63, 3.8) is 0 Å². The molecule has 2 amide bonds. The standard InChI is InChI=1S/C15H17N3O2S/c19-13(10-18-8-4-3-7-15(18)20)16-9-14-17-11-5-1-2-6-12(11)21-14/h1-2,5-6H,3-4,7-10H2,(H,16,19). The van der Waals surface area contributed by atoms with E-state index in [4.69, 9.17) is 0 Å². The van der Waals surface area contributed by atoms with Crippen LogP contribution in [0.3, 0.4) is 0 Å². The number of fused-ring (bicyclic) bond motifs is 1. The molecule has 1 saturated heterocycles. The number of likely N-dealkylation sites (tertiary alicyclic amines) is 1. The van der Waals surface area contributed by atoms with Gasteiger partial charge in [-0.25, -0.2) is 4.98 Å². The van der Waals surface area contributed by atoms with Crippen LogP contribution in [-0.4, -0.2) is 34.8 Å². The molecule has 0 unspecified atom stereocenters. The van der Waals surface area contributed by atoms with E-state index in [-0.39, 0.29) is 18.4 Å². The molecule has 0 atom stereocenters. The fourth-order valence-corrected chi connectivity index (χ4v) is 3.33. The van der Waals surface area contributed by atoms with Crippen molar-refractivity contribution in [2.45, 2.75) is 25.8 Å². The minimum absolute atomic E-state index is 0.0800. The van der Waals surface area contributed by atoms with Crippen LogP contribution in [0.4, 0.5) is 0 Å². The molecule has 1 aliphatic heterocycles. The number of amides is 2. The van der Waals surface area contributed by atoms with Gasteiger partial charge in [-0.1, -0.05) is 12.1 Å². The lowest BCUT2D eigenvalue weighted by molar-refractivity contribution is -0.137. The maximum absolute atomic E-state index is 11.9. The Balaban J connectivity index is 1.54. The summed E-state index contributed by atoms with van der Waals surface area (Å²) in [6.45, 7) is 1.26. The number of rotatable bonds is 4. The third kappa shape index (κ3) is 3.39. The molecule has 5 nitrogen and oxygen atoms in total. The molecule has 1 aromatic heterocycles. The van der Waals surface area contributed by atoms with Crippen molar-refractivity contribution in [3.05, 3.63) is 29.3 Å². The summed E-state index contributed by atoms with van der Waals surface area (Å²) in [5.74, 6) is -0.0408. The number of carbonyl (C=O) groups excluding carboxylic acids is 2. The molecule has 0 aliphatic carbocycles. The Bertz CT molecular complexity index is 635. The highest BCUT2D eigenvalue weighted by Crippen LogP contribution is 2.21. The number of carbonyl (C=O) groups is 2. The summed E-state index contributed by atoms with van der Waals surface area (Å²) in [6.07, 6.45) is 2.48. The maximum atomic E-state index is 11.9. The zero-order valence-electron chi connectivity index (χ0n) is 11.7. The van der Waals surface area contributed by atoms with Gasteiger partial charge in [0.15, 0.2) is 0 Å². The van der Waals surface area contributed by atoms with Crippen LogP contribution in [0.25, 0.3) is 10.2 Å². The van der Waals surface area contributed by atoms with Gasteiger partial charge in [-0.3, -0.25) is 9.59 Å². The molecular formula is C15H17N3O2S. The average Bonchev–Trinajstić information content (AvgIpc) is 2.90. The summed E-state index contributed by atoms with van der Waals surface area (Å²) in [4.78, 5) is 29.7. The second-order valence-corrected chi connectivity index (χ2v) is 6.24. The van der Waals surface area contributed by atoms with Crippen molar-refractivity contribution >= 4 is 33.4 Å². The number of hydrogen-bond donors (Lipinski definition) is 1. The van der Waals surface area contributed by atoms with Gasteiger partial charge in [0.1, 0.15) is 5.01 Å². The van der Waals surface area contributed by atoms with E-state index in [0.29, 0.717) is 19.5 Å². The Morgan fingerprint density at radius 1 is 1.33 bits per heavy atom. The van der Waals surface area contributed by atoms with Gasteiger partial charge in [-0.15, -0.1) is 11.3 Å². The highest BCUT2D eigenvalue weighted by Gasteiger charge is 2.20. The largest absolute Gasteiger partial charge is 0.348 e. The van der Waals surface area contributed by atoms with E-state index < -0.39 is 0 Å². The van der Waals surface area contributed by atoms with Crippen LogP contribution in [0.5, 0.6) is 0 Å². The molecule has 1 aliphatic rings. The first-order valence-electron chi connectivity index (χ1n) is 7.11. The Labute approximate surface area is 127 Å². The lowest BCUT2D eigenvalue weighted by Gasteiger charge is -2.25. The molecular weight excluding hydrogens is 286 g/mol. The second-order valence-electron chi connectivity index (χ2n) is 5.12. The van der Waals surface area contributed by atoms with Crippen molar-refractivity contribution in [3.8, 4) is 0 Å². The van der Waals surface area contributed by atoms with Crippen molar-refractivity contribution in [2.75, 3.05) is 13.1 Å². The molecule has 0 spiro atoms. The number of nitrogens with zero attached hydrogens (tertiary/aromatic N) is 2. The van der Waals surface area contributed by atoms with Gasteiger partial charge >= 0.3 is 0 Å². The van der Waals surface area contributed by atoms with Gasteiger partial charge in [-0.05, 0) is 25.0 Å². The first-order valence-corrected chi connectivity index (χ1v) is 7.93. The van der Waals surface area contributed by atoms with Crippen LogP contribution in [0.1, 0.15) is 24.3 Å². The van der Waals surface area contributed by atoms with Gasteiger partial charge in [0.2, 0.25) is 11.8 Å². The number of benzene rings is 1. The Morgan fingerprint density at radius 3 is 3.00 bits per heavy atom. The zero-order chi connectivity index (χ0) is 14.7. The van der Waals surface area contributed by atoms with Crippen LogP contribution in [0.15, 0.2) is 24.3 Å². The van der Waals surface area contributed by atoms with Gasteiger partial charge < -0.3 is 10.2 Å². The number of nitrogens with one attached hydrogen (secondary N) is 1. The maximum Gasteiger partial charge on any atom is 0.239 e. The van der Waals surface area contributed by atoms with Gasteiger partial charge in [0.25, 0.3) is 0 Å². The monoisotopic (exact) mass is 303 g/mol. The molecule has 1 aromatic carbocycles. The van der Waals surface area contributed by atoms with Gasteiger partial charge in [0, 0.05) is 13.0 Å². The second kappa shape index (κ2) is 6.22. The van der Waals surface area contributed by atoms with Crippen LogP contribution < -0.4 is 5.32 Å². The first kappa shape index (κ1) is 14.0. The van der Waals surface area contributed by atoms with Gasteiger partial charge in [0.05, 0.1) is 23.3 Å². The minimum atomic E-state index is -0.121. The smallest absolute Gasteiger partial charge is 0.239 e. The third-order valence-corrected chi connectivity index (χ3v) is 4.57. The SMILES string of the molecule is O=C(CN1CCCCC1=O)NCc1nc2ccccc2s1. The number of aromatic nitrogens is 1. The predicted octanol–water partition coefficient (Wildman–Crippen LogP) is 1.92. The first-order chi connectivity index (χ1) is 10.2. The number of para-hydroxylation sites is 1. The average molecular weight is 303 g/mol. The number of piperidine rings is 1. The van der Waals surface area contributed by atoms with E-state index in [1.807, 2.05) is 24.3 Å². The number of hydrogen-bond acceptors (Lipinski definition) is 4. The minimum Gasteiger partial charge on any atom is -0.348 e. The summed E-state index contributed by atoms with van der Waals surface area (Å²) >= 11 is 1.58. The molecule has 0 radical (unpaired) electrons. The van der Waals surface area contributed by atoms with Gasteiger partial charge in [-0.2, -0.15) is 0 Å². The summed E-state index contributed by atoms with van der Waals surface area (Å²) in [7, 11) is 0. The topological polar surface area (TPSA) is 62.3 Å². The van der Waals surface area contributed by atoms with Crippen LogP contribution in [-0.2, 0) is 16.1 Å². The summed E-state index contributed by atoms with van der Waals surface area (Å²) in [6, 6.07) is 7.91. The van der Waals surface area contributed by atoms with Crippen LogP contribution >= 0.6 is 11.3 Å². The molecule has 3 rings (SSSR count). The number of thiazole rings is 1. The van der Waals surface area contributed by atoms with E-state index in [0.717, 1.165) is 28.1 Å². The molecule has 2 aromatic rings. The highest BCUT2D eigenvalue weighted by molar-refractivity contribution is 7.18. The van der Waals surface area contributed by atoms with Crippen molar-refractivity contribution in [1.82, 2.24) is 15.2 Å². The van der Waals surface area contributed by atoms with Crippen molar-refractivity contribution in [2.24, 2.45) is 0 Å². The summed E-state index contributed by atoms with van der Waals surface area (Å²) in [5.41, 5.74) is 0.956. The Kier molecular flexibility index (Phi) is 4.15.